The third-order valence-corrected chi connectivity index (χ3v) is 6.44. The number of para-hydroxylation sites is 1. The van der Waals surface area contributed by atoms with Gasteiger partial charge in [-0.1, -0.05) is 71.9 Å². The maximum atomic E-state index is 10.1. The first-order valence-corrected chi connectivity index (χ1v) is 11.7. The van der Waals surface area contributed by atoms with Crippen molar-refractivity contribution in [2.75, 3.05) is 7.05 Å². The number of nitrogens with zero attached hydrogens (tertiary/aromatic N) is 4. The molecular weight excluding hydrogens is 440 g/mol. The van der Waals surface area contributed by atoms with Gasteiger partial charge in [-0.25, -0.2) is 0 Å². The quantitative estimate of drug-likeness (QED) is 0.331. The summed E-state index contributed by atoms with van der Waals surface area (Å²) in [5, 5.41) is 20.6. The van der Waals surface area contributed by atoms with E-state index in [1.807, 2.05) is 49.5 Å². The smallest absolute Gasteiger partial charge is 0.196 e. The zero-order chi connectivity index (χ0) is 22.5. The molecule has 0 spiro atoms. The van der Waals surface area contributed by atoms with Gasteiger partial charge >= 0.3 is 0 Å². The lowest BCUT2D eigenvalue weighted by atomic mass is 10.1. The molecule has 164 valence electrons. The van der Waals surface area contributed by atoms with E-state index in [4.69, 9.17) is 11.6 Å². The Morgan fingerprint density at radius 2 is 1.69 bits per heavy atom. The highest BCUT2D eigenvalue weighted by Gasteiger charge is 2.17. The highest BCUT2D eigenvalue weighted by molar-refractivity contribution is 7.98. The van der Waals surface area contributed by atoms with Crippen LogP contribution in [0.25, 0.3) is 5.69 Å². The van der Waals surface area contributed by atoms with E-state index < -0.39 is 0 Å². The minimum atomic E-state index is 0.296. The molecule has 7 heteroatoms. The van der Waals surface area contributed by atoms with E-state index in [0.717, 1.165) is 28.0 Å². The van der Waals surface area contributed by atoms with Gasteiger partial charge in [0.25, 0.3) is 0 Å². The molecule has 1 heterocycles. The van der Waals surface area contributed by atoms with Crippen LogP contribution in [0.5, 0.6) is 5.75 Å². The van der Waals surface area contributed by atoms with Crippen LogP contribution in [0.4, 0.5) is 0 Å². The van der Waals surface area contributed by atoms with Gasteiger partial charge in [-0.3, -0.25) is 9.47 Å². The topological polar surface area (TPSA) is 54.2 Å². The highest BCUT2D eigenvalue weighted by Crippen LogP contribution is 2.28. The van der Waals surface area contributed by atoms with E-state index in [1.165, 1.54) is 11.1 Å². The summed E-state index contributed by atoms with van der Waals surface area (Å²) < 4.78 is 2.07. The molecule has 0 atom stereocenters. The number of benzene rings is 3. The van der Waals surface area contributed by atoms with E-state index in [9.17, 15) is 5.11 Å². The maximum absolute atomic E-state index is 10.1. The van der Waals surface area contributed by atoms with Crippen LogP contribution in [0, 0.1) is 6.92 Å². The van der Waals surface area contributed by atoms with Crippen LogP contribution in [-0.2, 0) is 18.8 Å². The molecule has 0 unspecified atom stereocenters. The molecule has 1 N–H and O–H groups in total. The summed E-state index contributed by atoms with van der Waals surface area (Å²) in [6.45, 7) is 3.29. The Kier molecular flexibility index (Phi) is 7.15. The van der Waals surface area contributed by atoms with Gasteiger partial charge in [0.1, 0.15) is 5.75 Å². The summed E-state index contributed by atoms with van der Waals surface area (Å²) in [5.41, 5.74) is 4.34. The van der Waals surface area contributed by atoms with Crippen molar-refractivity contribution in [3.63, 3.8) is 0 Å². The van der Waals surface area contributed by atoms with Crippen molar-refractivity contribution in [2.45, 2.75) is 30.9 Å². The third-order valence-electron chi connectivity index (χ3n) is 5.23. The van der Waals surface area contributed by atoms with E-state index in [-0.39, 0.29) is 0 Å². The van der Waals surface area contributed by atoms with Crippen LogP contribution >= 0.6 is 23.4 Å². The van der Waals surface area contributed by atoms with Gasteiger partial charge in [-0.2, -0.15) is 0 Å². The Balaban J connectivity index is 1.60. The maximum Gasteiger partial charge on any atom is 0.196 e. The zero-order valence-corrected chi connectivity index (χ0v) is 19.6. The van der Waals surface area contributed by atoms with Crippen LogP contribution < -0.4 is 0 Å². The molecule has 0 radical (unpaired) electrons. The molecule has 0 aliphatic rings. The van der Waals surface area contributed by atoms with E-state index >= 15 is 0 Å². The van der Waals surface area contributed by atoms with Crippen LogP contribution in [0.15, 0.2) is 78.0 Å². The number of phenols is 1. The number of rotatable bonds is 8. The number of hydrogen-bond donors (Lipinski definition) is 1. The minimum Gasteiger partial charge on any atom is -0.508 e. The van der Waals surface area contributed by atoms with E-state index in [2.05, 4.69) is 50.9 Å². The highest BCUT2D eigenvalue weighted by atomic mass is 35.5. The molecule has 0 fully saturated rings. The van der Waals surface area contributed by atoms with Crippen molar-refractivity contribution in [3.05, 3.63) is 100 Å². The van der Waals surface area contributed by atoms with E-state index in [1.54, 1.807) is 17.8 Å². The number of thioether (sulfide) groups is 1. The van der Waals surface area contributed by atoms with Crippen LogP contribution in [0.2, 0.25) is 5.02 Å². The summed E-state index contributed by atoms with van der Waals surface area (Å²) in [6, 6.07) is 23.5. The lowest BCUT2D eigenvalue weighted by Gasteiger charge is -2.18. The first kappa shape index (κ1) is 22.4. The average Bonchev–Trinajstić information content (AvgIpc) is 3.17. The molecular formula is C25H25ClN4OS. The first-order chi connectivity index (χ1) is 15.5. The lowest BCUT2D eigenvalue weighted by molar-refractivity contribution is 0.302. The summed E-state index contributed by atoms with van der Waals surface area (Å²) in [5.74, 6) is 1.92. The number of aryl methyl sites for hydroxylation is 1. The molecule has 0 aliphatic carbocycles. The Morgan fingerprint density at radius 3 is 2.44 bits per heavy atom. The predicted octanol–water partition coefficient (Wildman–Crippen LogP) is 5.86. The van der Waals surface area contributed by atoms with Gasteiger partial charge in [0.05, 0.1) is 12.2 Å². The molecule has 0 amide bonds. The van der Waals surface area contributed by atoms with Crippen molar-refractivity contribution in [1.29, 1.82) is 0 Å². The summed E-state index contributed by atoms with van der Waals surface area (Å²) >= 11 is 7.95. The molecule has 1 aromatic heterocycles. The number of aromatic nitrogens is 3. The Labute approximate surface area is 197 Å². The Hall–Kier alpha value is -2.80. The molecule has 0 saturated heterocycles. The van der Waals surface area contributed by atoms with Crippen molar-refractivity contribution in [2.24, 2.45) is 0 Å². The minimum absolute atomic E-state index is 0.296. The molecule has 4 aromatic rings. The lowest BCUT2D eigenvalue weighted by Crippen LogP contribution is -2.20. The number of phenolic OH excluding ortho intramolecular Hbond substituents is 1. The summed E-state index contributed by atoms with van der Waals surface area (Å²) in [6.07, 6.45) is 0. The van der Waals surface area contributed by atoms with Gasteiger partial charge in [0, 0.05) is 22.9 Å². The molecule has 5 nitrogen and oxygen atoms in total. The fraction of sp³-hybridized carbons (Fsp3) is 0.200. The summed E-state index contributed by atoms with van der Waals surface area (Å²) in [7, 11) is 2.00. The second-order valence-corrected chi connectivity index (χ2v) is 9.11. The Bertz CT molecular complexity index is 1210. The molecule has 4 rings (SSSR count). The molecule has 3 aromatic carbocycles. The number of halogens is 1. The largest absolute Gasteiger partial charge is 0.508 e. The first-order valence-electron chi connectivity index (χ1n) is 10.3. The van der Waals surface area contributed by atoms with Crippen molar-refractivity contribution >= 4 is 23.4 Å². The number of aromatic hydroxyl groups is 1. The third kappa shape index (κ3) is 5.33. The summed E-state index contributed by atoms with van der Waals surface area (Å²) in [4.78, 5) is 2.11. The fourth-order valence-electron chi connectivity index (χ4n) is 3.52. The number of hydrogen-bond acceptors (Lipinski definition) is 5. The standard InChI is InChI=1S/C25H25ClN4OS/c1-18-8-3-4-10-20(18)17-32-25-28-27-24(30(25)22-12-7-11-21(26)14-22)16-29(2)15-19-9-5-6-13-23(19)31/h3-14,31H,15-17H2,1-2H3. The van der Waals surface area contributed by atoms with Gasteiger partial charge in [-0.05, 0) is 49.4 Å². The fourth-order valence-corrected chi connectivity index (χ4v) is 4.75. The van der Waals surface area contributed by atoms with Gasteiger partial charge in [0.2, 0.25) is 0 Å². The molecule has 32 heavy (non-hydrogen) atoms. The van der Waals surface area contributed by atoms with Crippen LogP contribution in [0.1, 0.15) is 22.5 Å². The van der Waals surface area contributed by atoms with Gasteiger partial charge in [-0.15, -0.1) is 10.2 Å². The average molecular weight is 465 g/mol. The van der Waals surface area contributed by atoms with Gasteiger partial charge < -0.3 is 5.11 Å². The predicted molar refractivity (Wildman–Crippen MR) is 130 cm³/mol. The second kappa shape index (κ2) is 10.2. The molecule has 0 aliphatic heterocycles. The normalized spacial score (nSPS) is 11.2. The van der Waals surface area contributed by atoms with E-state index in [0.29, 0.717) is 23.9 Å². The molecule has 0 bridgehead atoms. The van der Waals surface area contributed by atoms with Crippen LogP contribution in [0.3, 0.4) is 0 Å². The SMILES string of the molecule is Cc1ccccc1CSc1nnc(CN(C)Cc2ccccc2O)n1-c1cccc(Cl)c1. The van der Waals surface area contributed by atoms with Gasteiger partial charge in [0.15, 0.2) is 11.0 Å². The zero-order valence-electron chi connectivity index (χ0n) is 18.1. The Morgan fingerprint density at radius 1 is 0.938 bits per heavy atom. The second-order valence-electron chi connectivity index (χ2n) is 7.73. The van der Waals surface area contributed by atoms with Crippen molar-refractivity contribution in [3.8, 4) is 11.4 Å². The van der Waals surface area contributed by atoms with Crippen molar-refractivity contribution < 1.29 is 5.11 Å². The van der Waals surface area contributed by atoms with Crippen LogP contribution in [-0.4, -0.2) is 31.8 Å². The monoisotopic (exact) mass is 464 g/mol. The molecule has 0 saturated carbocycles. The van der Waals surface area contributed by atoms with Crippen molar-refractivity contribution in [1.82, 2.24) is 19.7 Å².